The van der Waals surface area contributed by atoms with Gasteiger partial charge in [0, 0.05) is 27.4 Å². The summed E-state index contributed by atoms with van der Waals surface area (Å²) in [7, 11) is 0. The number of benzene rings is 2. The third-order valence-electron chi connectivity index (χ3n) is 2.91. The van der Waals surface area contributed by atoms with E-state index in [1.807, 2.05) is 43.3 Å². The van der Waals surface area contributed by atoms with Crippen molar-refractivity contribution in [2.45, 2.75) is 36.2 Å². The van der Waals surface area contributed by atoms with E-state index in [0.29, 0.717) is 6.42 Å². The van der Waals surface area contributed by atoms with E-state index < -0.39 is 0 Å². The Labute approximate surface area is 146 Å². The summed E-state index contributed by atoms with van der Waals surface area (Å²) in [6.45, 7) is 3.36. The molecule has 1 unspecified atom stereocenters. The van der Waals surface area contributed by atoms with Crippen LogP contribution < -0.4 is 0 Å². The molecule has 0 saturated carbocycles. The van der Waals surface area contributed by atoms with Gasteiger partial charge >= 0.3 is 5.97 Å². The number of hydrogen-bond acceptors (Lipinski definition) is 4. The lowest BCUT2D eigenvalue weighted by atomic mass is 10.3. The van der Waals surface area contributed by atoms with E-state index in [-0.39, 0.29) is 12.1 Å². The van der Waals surface area contributed by atoms with Crippen molar-refractivity contribution < 1.29 is 9.53 Å². The summed E-state index contributed by atoms with van der Waals surface area (Å²) in [5.41, 5.74) is 0. The quantitative estimate of drug-likeness (QED) is 0.471. The lowest BCUT2D eigenvalue weighted by Gasteiger charge is -2.11. The number of ether oxygens (including phenoxy) is 1. The molecule has 120 valence electrons. The van der Waals surface area contributed by atoms with Crippen molar-refractivity contribution in [2.24, 2.45) is 0 Å². The maximum Gasteiger partial charge on any atom is 0.302 e. The zero-order chi connectivity index (χ0) is 16.5. The van der Waals surface area contributed by atoms with Gasteiger partial charge < -0.3 is 4.74 Å². The number of esters is 1. The Balaban J connectivity index is 2.08. The van der Waals surface area contributed by atoms with Crippen LogP contribution in [-0.2, 0) is 9.53 Å². The van der Waals surface area contributed by atoms with Gasteiger partial charge in [-0.2, -0.15) is 0 Å². The molecule has 0 bridgehead atoms. The van der Waals surface area contributed by atoms with Gasteiger partial charge in [0.05, 0.1) is 0 Å². The van der Waals surface area contributed by atoms with Crippen molar-refractivity contribution in [3.63, 3.8) is 0 Å². The monoisotopic (exact) mass is 344 g/mol. The molecule has 4 heteroatoms. The zero-order valence-corrected chi connectivity index (χ0v) is 14.9. The first-order chi connectivity index (χ1) is 11.1. The second kappa shape index (κ2) is 9.48. The summed E-state index contributed by atoms with van der Waals surface area (Å²) in [6.07, 6.45) is 2.73. The van der Waals surface area contributed by atoms with Crippen molar-refractivity contribution in [1.82, 2.24) is 0 Å². The smallest absolute Gasteiger partial charge is 0.302 e. The predicted molar refractivity (Wildman–Crippen MR) is 98.5 cm³/mol. The normalized spacial score (nSPS) is 11.6. The second-order valence-corrected chi connectivity index (χ2v) is 7.50. The molecule has 0 aromatic heterocycles. The molecular weight excluding hydrogens is 324 g/mol. The SMILES string of the molecule is CC(=O)OC(C)CC=C(Sc1ccccc1)Sc1ccccc1. The van der Waals surface area contributed by atoms with E-state index in [4.69, 9.17) is 4.74 Å². The van der Waals surface area contributed by atoms with E-state index in [2.05, 4.69) is 30.3 Å². The van der Waals surface area contributed by atoms with Gasteiger partial charge in [0.1, 0.15) is 6.10 Å². The Morgan fingerprint density at radius 1 is 1.00 bits per heavy atom. The summed E-state index contributed by atoms with van der Waals surface area (Å²) < 4.78 is 6.38. The van der Waals surface area contributed by atoms with Crippen molar-refractivity contribution in [3.8, 4) is 0 Å². The highest BCUT2D eigenvalue weighted by atomic mass is 32.2. The summed E-state index contributed by atoms with van der Waals surface area (Å²) in [4.78, 5) is 13.4. The van der Waals surface area contributed by atoms with E-state index in [1.165, 1.54) is 21.0 Å². The van der Waals surface area contributed by atoms with Gasteiger partial charge in [0.15, 0.2) is 0 Å². The minimum atomic E-state index is -0.237. The third-order valence-corrected chi connectivity index (χ3v) is 5.16. The first-order valence-corrected chi connectivity index (χ1v) is 9.10. The first-order valence-electron chi connectivity index (χ1n) is 7.46. The van der Waals surface area contributed by atoms with Crippen LogP contribution in [0.15, 0.2) is 80.8 Å². The summed E-state index contributed by atoms with van der Waals surface area (Å²) in [5.74, 6) is -0.237. The van der Waals surface area contributed by atoms with Gasteiger partial charge in [-0.05, 0) is 31.2 Å². The highest BCUT2D eigenvalue weighted by Gasteiger charge is 2.07. The van der Waals surface area contributed by atoms with Crippen molar-refractivity contribution in [1.29, 1.82) is 0 Å². The van der Waals surface area contributed by atoms with E-state index >= 15 is 0 Å². The fourth-order valence-corrected chi connectivity index (χ4v) is 4.06. The van der Waals surface area contributed by atoms with Crippen LogP contribution in [0.4, 0.5) is 0 Å². The lowest BCUT2D eigenvalue weighted by Crippen LogP contribution is -2.10. The molecule has 1 atom stereocenters. The molecule has 0 radical (unpaired) electrons. The standard InChI is InChI=1S/C19H20O2S2/c1-15(21-16(2)20)13-14-19(22-17-9-5-3-6-10-17)23-18-11-7-4-8-12-18/h3-12,14-15H,13H2,1-2H3. The molecular formula is C19H20O2S2. The van der Waals surface area contributed by atoms with Crippen molar-refractivity contribution >= 4 is 29.5 Å². The largest absolute Gasteiger partial charge is 0.463 e. The average molecular weight is 345 g/mol. The molecule has 2 rings (SSSR count). The lowest BCUT2D eigenvalue weighted by molar-refractivity contribution is -0.145. The summed E-state index contributed by atoms with van der Waals surface area (Å²) in [5, 5.41) is 0. The van der Waals surface area contributed by atoms with Crippen LogP contribution >= 0.6 is 23.5 Å². The Hall–Kier alpha value is -1.65. The van der Waals surface area contributed by atoms with Crippen LogP contribution in [0.25, 0.3) is 0 Å². The predicted octanol–water partition coefficient (Wildman–Crippen LogP) is 5.75. The molecule has 0 N–H and O–H groups in total. The summed E-state index contributed by atoms with van der Waals surface area (Å²) >= 11 is 3.46. The average Bonchev–Trinajstić information content (AvgIpc) is 2.54. The fraction of sp³-hybridized carbons (Fsp3) is 0.211. The number of rotatable bonds is 7. The highest BCUT2D eigenvalue weighted by Crippen LogP contribution is 2.39. The highest BCUT2D eigenvalue weighted by molar-refractivity contribution is 8.22. The number of carbonyl (C=O) groups excluding carboxylic acids is 1. The van der Waals surface area contributed by atoms with Crippen LogP contribution in [0.3, 0.4) is 0 Å². The minimum absolute atomic E-state index is 0.116. The first kappa shape index (κ1) is 17.7. The molecule has 0 aliphatic heterocycles. The van der Waals surface area contributed by atoms with E-state index in [9.17, 15) is 4.79 Å². The van der Waals surface area contributed by atoms with Crippen LogP contribution in [0.5, 0.6) is 0 Å². The molecule has 23 heavy (non-hydrogen) atoms. The zero-order valence-electron chi connectivity index (χ0n) is 13.3. The van der Waals surface area contributed by atoms with Gasteiger partial charge in [-0.1, -0.05) is 66.0 Å². The van der Waals surface area contributed by atoms with Gasteiger partial charge in [-0.3, -0.25) is 4.79 Å². The Bertz CT molecular complexity index is 595. The summed E-state index contributed by atoms with van der Waals surface area (Å²) in [6, 6.07) is 20.6. The molecule has 0 spiro atoms. The van der Waals surface area contributed by atoms with Crippen LogP contribution in [-0.4, -0.2) is 12.1 Å². The minimum Gasteiger partial charge on any atom is -0.463 e. The Morgan fingerprint density at radius 2 is 1.48 bits per heavy atom. The molecule has 0 heterocycles. The molecule has 2 aromatic carbocycles. The molecule has 2 nitrogen and oxygen atoms in total. The van der Waals surface area contributed by atoms with Gasteiger partial charge in [0.2, 0.25) is 0 Å². The fourth-order valence-electron chi connectivity index (χ4n) is 1.91. The van der Waals surface area contributed by atoms with Crippen LogP contribution in [0.2, 0.25) is 0 Å². The Kier molecular flexibility index (Phi) is 7.30. The maximum atomic E-state index is 11.0. The molecule has 0 aliphatic carbocycles. The number of hydrogen-bond donors (Lipinski definition) is 0. The molecule has 0 saturated heterocycles. The second-order valence-electron chi connectivity index (χ2n) is 5.01. The number of carbonyl (C=O) groups is 1. The van der Waals surface area contributed by atoms with Gasteiger partial charge in [0.25, 0.3) is 0 Å². The number of thioether (sulfide) groups is 2. The molecule has 0 aliphatic rings. The maximum absolute atomic E-state index is 11.0. The van der Waals surface area contributed by atoms with Crippen LogP contribution in [0.1, 0.15) is 20.3 Å². The molecule has 2 aromatic rings. The molecule has 0 fully saturated rings. The van der Waals surface area contributed by atoms with Gasteiger partial charge in [-0.25, -0.2) is 0 Å². The van der Waals surface area contributed by atoms with Crippen molar-refractivity contribution in [2.75, 3.05) is 0 Å². The van der Waals surface area contributed by atoms with Crippen LogP contribution in [0, 0.1) is 0 Å². The van der Waals surface area contributed by atoms with E-state index in [1.54, 1.807) is 23.5 Å². The molecule has 0 amide bonds. The van der Waals surface area contributed by atoms with Crippen molar-refractivity contribution in [3.05, 3.63) is 71.0 Å². The van der Waals surface area contributed by atoms with Gasteiger partial charge in [-0.15, -0.1) is 0 Å². The third kappa shape index (κ3) is 6.97. The topological polar surface area (TPSA) is 26.3 Å². The van der Waals surface area contributed by atoms with E-state index in [0.717, 1.165) is 0 Å². The Morgan fingerprint density at radius 3 is 1.91 bits per heavy atom.